The Balaban J connectivity index is 1.65. The Morgan fingerprint density at radius 3 is 2.70 bits per heavy atom. The van der Waals surface area contributed by atoms with Crippen molar-refractivity contribution in [3.8, 4) is 0 Å². The normalized spacial score (nSPS) is 12.1. The smallest absolute Gasteiger partial charge is 0.248 e. The van der Waals surface area contributed by atoms with Gasteiger partial charge in [-0.15, -0.1) is 0 Å². The standard InChI is InChI=1S/C18H25N3O2/c1-14-12-15(2)21(20-14)11-7-10-19-18(22)16(3)23-13-17-8-5-4-6-9-17/h4-6,8-9,12,16H,7,10-11,13H2,1-3H3,(H,19,22)/t16-/m1/s1. The Kier molecular flexibility index (Phi) is 6.35. The van der Waals surface area contributed by atoms with Crippen molar-refractivity contribution >= 4 is 5.91 Å². The van der Waals surface area contributed by atoms with Gasteiger partial charge in [-0.25, -0.2) is 0 Å². The van der Waals surface area contributed by atoms with Crippen molar-refractivity contribution in [3.05, 3.63) is 53.3 Å². The molecule has 5 heteroatoms. The Morgan fingerprint density at radius 2 is 2.04 bits per heavy atom. The fourth-order valence-corrected chi connectivity index (χ4v) is 2.36. The molecule has 1 N–H and O–H groups in total. The van der Waals surface area contributed by atoms with E-state index in [9.17, 15) is 4.79 Å². The molecule has 0 bridgehead atoms. The predicted molar refractivity (Wildman–Crippen MR) is 90.0 cm³/mol. The molecule has 0 spiro atoms. The van der Waals surface area contributed by atoms with Crippen LogP contribution in [-0.2, 0) is 22.7 Å². The zero-order valence-electron chi connectivity index (χ0n) is 14.1. The van der Waals surface area contributed by atoms with Gasteiger partial charge in [-0.05, 0) is 38.8 Å². The topological polar surface area (TPSA) is 56.2 Å². The van der Waals surface area contributed by atoms with Crippen LogP contribution in [0, 0.1) is 13.8 Å². The van der Waals surface area contributed by atoms with Gasteiger partial charge >= 0.3 is 0 Å². The summed E-state index contributed by atoms with van der Waals surface area (Å²) in [5.41, 5.74) is 3.24. The zero-order chi connectivity index (χ0) is 16.7. The van der Waals surface area contributed by atoms with Crippen LogP contribution in [0.4, 0.5) is 0 Å². The van der Waals surface area contributed by atoms with Crippen molar-refractivity contribution in [1.29, 1.82) is 0 Å². The largest absolute Gasteiger partial charge is 0.364 e. The van der Waals surface area contributed by atoms with Crippen LogP contribution in [-0.4, -0.2) is 28.3 Å². The van der Waals surface area contributed by atoms with Gasteiger partial charge in [-0.3, -0.25) is 9.48 Å². The molecule has 0 aliphatic rings. The Morgan fingerprint density at radius 1 is 1.30 bits per heavy atom. The lowest BCUT2D eigenvalue weighted by atomic mass is 10.2. The number of benzene rings is 1. The summed E-state index contributed by atoms with van der Waals surface area (Å²) in [5, 5.41) is 7.31. The Bertz CT molecular complexity index is 622. The van der Waals surface area contributed by atoms with Crippen LogP contribution < -0.4 is 5.32 Å². The summed E-state index contributed by atoms with van der Waals surface area (Å²) < 4.78 is 7.57. The number of amides is 1. The molecule has 0 aliphatic carbocycles. The average Bonchev–Trinajstić information content (AvgIpc) is 2.87. The van der Waals surface area contributed by atoms with Gasteiger partial charge < -0.3 is 10.1 Å². The lowest BCUT2D eigenvalue weighted by Crippen LogP contribution is -2.35. The molecule has 1 aromatic carbocycles. The molecule has 0 saturated heterocycles. The van der Waals surface area contributed by atoms with E-state index in [1.807, 2.05) is 48.9 Å². The van der Waals surface area contributed by atoms with E-state index in [4.69, 9.17) is 4.74 Å². The van der Waals surface area contributed by atoms with Crippen molar-refractivity contribution in [2.24, 2.45) is 0 Å². The van der Waals surface area contributed by atoms with E-state index in [2.05, 4.69) is 16.5 Å². The Hall–Kier alpha value is -2.14. The highest BCUT2D eigenvalue weighted by atomic mass is 16.5. The first-order chi connectivity index (χ1) is 11.1. The minimum Gasteiger partial charge on any atom is -0.364 e. The van der Waals surface area contributed by atoms with Crippen molar-refractivity contribution < 1.29 is 9.53 Å². The van der Waals surface area contributed by atoms with Crippen LogP contribution in [0.1, 0.15) is 30.3 Å². The second kappa shape index (κ2) is 8.48. The van der Waals surface area contributed by atoms with Crippen LogP contribution in [0.15, 0.2) is 36.4 Å². The number of ether oxygens (including phenoxy) is 1. The van der Waals surface area contributed by atoms with Gasteiger partial charge in [0.1, 0.15) is 6.10 Å². The minimum atomic E-state index is -0.455. The first-order valence-electron chi connectivity index (χ1n) is 8.00. The summed E-state index contributed by atoms with van der Waals surface area (Å²) in [7, 11) is 0. The van der Waals surface area contributed by atoms with Crippen LogP contribution in [0.25, 0.3) is 0 Å². The number of nitrogens with zero attached hydrogens (tertiary/aromatic N) is 2. The first kappa shape index (κ1) is 17.2. The second-order valence-electron chi connectivity index (χ2n) is 5.73. The number of rotatable bonds is 8. The van der Waals surface area contributed by atoms with Gasteiger partial charge in [0, 0.05) is 18.8 Å². The zero-order valence-corrected chi connectivity index (χ0v) is 14.1. The molecule has 0 radical (unpaired) electrons. The number of carbonyl (C=O) groups excluding carboxylic acids is 1. The molecule has 2 aromatic rings. The maximum Gasteiger partial charge on any atom is 0.248 e. The number of hydrogen-bond donors (Lipinski definition) is 1. The van der Waals surface area contributed by atoms with Gasteiger partial charge in [0.2, 0.25) is 5.91 Å². The van der Waals surface area contributed by atoms with Crippen molar-refractivity contribution in [1.82, 2.24) is 15.1 Å². The third-order valence-electron chi connectivity index (χ3n) is 3.66. The van der Waals surface area contributed by atoms with Crippen LogP contribution >= 0.6 is 0 Å². The predicted octanol–water partition coefficient (Wildman–Crippen LogP) is 2.61. The van der Waals surface area contributed by atoms with Crippen molar-refractivity contribution in [3.63, 3.8) is 0 Å². The maximum atomic E-state index is 12.0. The van der Waals surface area contributed by atoms with E-state index >= 15 is 0 Å². The lowest BCUT2D eigenvalue weighted by Gasteiger charge is -2.13. The fourth-order valence-electron chi connectivity index (χ4n) is 2.36. The molecule has 0 aliphatic heterocycles. The van der Waals surface area contributed by atoms with Crippen molar-refractivity contribution in [2.75, 3.05) is 6.54 Å². The van der Waals surface area contributed by atoms with E-state index in [0.29, 0.717) is 13.2 Å². The molecule has 1 atom stereocenters. The highest BCUT2D eigenvalue weighted by molar-refractivity contribution is 5.80. The highest BCUT2D eigenvalue weighted by Crippen LogP contribution is 2.04. The third kappa shape index (κ3) is 5.53. The number of aromatic nitrogens is 2. The molecule has 23 heavy (non-hydrogen) atoms. The SMILES string of the molecule is Cc1cc(C)n(CCCNC(=O)[C@@H](C)OCc2ccccc2)n1. The second-order valence-corrected chi connectivity index (χ2v) is 5.73. The summed E-state index contributed by atoms with van der Waals surface area (Å²) in [4.78, 5) is 12.0. The molecule has 1 aromatic heterocycles. The van der Waals surface area contributed by atoms with Gasteiger partial charge in [0.15, 0.2) is 0 Å². The van der Waals surface area contributed by atoms with Gasteiger partial charge in [0.25, 0.3) is 0 Å². The molecule has 5 nitrogen and oxygen atoms in total. The van der Waals surface area contributed by atoms with E-state index in [1.54, 1.807) is 6.92 Å². The molecule has 0 fully saturated rings. The molecule has 1 heterocycles. The quantitative estimate of drug-likeness (QED) is 0.762. The number of hydrogen-bond acceptors (Lipinski definition) is 3. The highest BCUT2D eigenvalue weighted by Gasteiger charge is 2.12. The van der Waals surface area contributed by atoms with E-state index < -0.39 is 6.10 Å². The minimum absolute atomic E-state index is 0.0747. The summed E-state index contributed by atoms with van der Waals surface area (Å²) >= 11 is 0. The monoisotopic (exact) mass is 315 g/mol. The maximum absolute atomic E-state index is 12.0. The van der Waals surface area contributed by atoms with E-state index in [1.165, 1.54) is 0 Å². The average molecular weight is 315 g/mol. The molecule has 124 valence electrons. The lowest BCUT2D eigenvalue weighted by molar-refractivity contribution is -0.132. The third-order valence-corrected chi connectivity index (χ3v) is 3.66. The number of nitrogens with one attached hydrogen (secondary N) is 1. The van der Waals surface area contributed by atoms with Gasteiger partial charge in [-0.1, -0.05) is 30.3 Å². The van der Waals surface area contributed by atoms with Gasteiger partial charge in [-0.2, -0.15) is 5.10 Å². The summed E-state index contributed by atoms with van der Waals surface area (Å²) in [6.07, 6.45) is 0.392. The van der Waals surface area contributed by atoms with Crippen LogP contribution in [0.5, 0.6) is 0 Å². The molecular weight excluding hydrogens is 290 g/mol. The molecule has 0 unspecified atom stereocenters. The van der Waals surface area contributed by atoms with Crippen LogP contribution in [0.3, 0.4) is 0 Å². The van der Waals surface area contributed by atoms with E-state index in [0.717, 1.165) is 29.9 Å². The van der Waals surface area contributed by atoms with E-state index in [-0.39, 0.29) is 5.91 Å². The summed E-state index contributed by atoms with van der Waals surface area (Å²) in [6.45, 7) is 7.67. The summed E-state index contributed by atoms with van der Waals surface area (Å²) in [6, 6.07) is 11.9. The van der Waals surface area contributed by atoms with Crippen LogP contribution in [0.2, 0.25) is 0 Å². The first-order valence-corrected chi connectivity index (χ1v) is 8.00. The molecule has 1 amide bonds. The summed E-state index contributed by atoms with van der Waals surface area (Å²) in [5.74, 6) is -0.0747. The van der Waals surface area contributed by atoms with Crippen molar-refractivity contribution in [2.45, 2.75) is 46.4 Å². The number of aryl methyl sites for hydroxylation is 3. The molecule has 0 saturated carbocycles. The Labute approximate surface area is 137 Å². The van der Waals surface area contributed by atoms with Gasteiger partial charge in [0.05, 0.1) is 12.3 Å². The fraction of sp³-hybridized carbons (Fsp3) is 0.444. The molecule has 2 rings (SSSR count). The number of carbonyl (C=O) groups is 1. The molecular formula is C18H25N3O2.